The molecule has 1 aromatic rings. The molecule has 1 N–H and O–H groups in total. The van der Waals surface area contributed by atoms with E-state index >= 15 is 0 Å². The molecule has 1 rings (SSSR count). The number of benzene rings is 1. The van der Waals surface area contributed by atoms with Crippen molar-refractivity contribution in [3.63, 3.8) is 0 Å². The van der Waals surface area contributed by atoms with E-state index in [4.69, 9.17) is 16.3 Å². The molecule has 0 bridgehead atoms. The second-order valence-corrected chi connectivity index (χ2v) is 9.25. The zero-order chi connectivity index (χ0) is 20.3. The smallest absolute Gasteiger partial charge is 0.0895 e. The number of ether oxygens (including phenoxy) is 1. The van der Waals surface area contributed by atoms with Crippen LogP contribution in [0.5, 0.6) is 0 Å². The molecule has 0 heterocycles. The Kier molecular flexibility index (Phi) is 17.3. The molecule has 0 radical (unpaired) electrons. The molecule has 0 amide bonds. The zero-order valence-electron chi connectivity index (χ0n) is 17.8. The number of unbranched alkanes of at least 4 members (excludes halogenated alkanes) is 9. The van der Waals surface area contributed by atoms with E-state index in [-0.39, 0.29) is 12.7 Å². The first-order valence-corrected chi connectivity index (χ1v) is 12.8. The van der Waals surface area contributed by atoms with Crippen LogP contribution < -0.4 is 0 Å². The van der Waals surface area contributed by atoms with Crippen LogP contribution in [-0.2, 0) is 11.2 Å². The van der Waals surface area contributed by atoms with Crippen molar-refractivity contribution in [1.82, 2.24) is 0 Å². The summed E-state index contributed by atoms with van der Waals surface area (Å²) in [6.07, 6.45) is 15.4. The molecule has 0 saturated carbocycles. The topological polar surface area (TPSA) is 29.5 Å². The van der Waals surface area contributed by atoms with Gasteiger partial charge in [0.05, 0.1) is 12.7 Å². The van der Waals surface area contributed by atoms with Gasteiger partial charge >= 0.3 is 0 Å². The molecule has 1 unspecified atom stereocenters. The summed E-state index contributed by atoms with van der Waals surface area (Å²) in [4.78, 5) is 0. The first kappa shape index (κ1) is 25.8. The van der Waals surface area contributed by atoms with Gasteiger partial charge in [0.1, 0.15) is 0 Å². The number of thioether (sulfide) groups is 1. The van der Waals surface area contributed by atoms with Gasteiger partial charge in [0.2, 0.25) is 0 Å². The highest BCUT2D eigenvalue weighted by Gasteiger charge is 2.07. The van der Waals surface area contributed by atoms with Crippen molar-refractivity contribution in [3.05, 3.63) is 34.9 Å². The number of halogens is 1. The summed E-state index contributed by atoms with van der Waals surface area (Å²) in [5.74, 6) is 2.06. The summed E-state index contributed by atoms with van der Waals surface area (Å²) < 4.78 is 5.85. The molecular formula is C24H41ClO2S. The maximum Gasteiger partial charge on any atom is 0.0895 e. The van der Waals surface area contributed by atoms with Gasteiger partial charge in [0.25, 0.3) is 0 Å². The molecule has 2 nitrogen and oxygen atoms in total. The van der Waals surface area contributed by atoms with E-state index in [1.54, 1.807) is 0 Å². The highest BCUT2D eigenvalue weighted by Crippen LogP contribution is 2.14. The fraction of sp³-hybridized carbons (Fsp3) is 0.750. The van der Waals surface area contributed by atoms with E-state index in [0.29, 0.717) is 0 Å². The van der Waals surface area contributed by atoms with Crippen molar-refractivity contribution in [2.24, 2.45) is 0 Å². The lowest BCUT2D eigenvalue weighted by Crippen LogP contribution is -2.21. The molecule has 0 aromatic heterocycles. The summed E-state index contributed by atoms with van der Waals surface area (Å²) in [6, 6.07) is 8.17. The average Bonchev–Trinajstić information content (AvgIpc) is 2.71. The fourth-order valence-corrected chi connectivity index (χ4v) is 4.38. The Morgan fingerprint density at radius 2 is 1.54 bits per heavy atom. The lowest BCUT2D eigenvalue weighted by molar-refractivity contribution is 0.0260. The molecule has 0 spiro atoms. The molecule has 0 aliphatic carbocycles. The maximum absolute atomic E-state index is 9.49. The number of hydrogen-bond donors (Lipinski definition) is 1. The quantitative estimate of drug-likeness (QED) is 0.234. The van der Waals surface area contributed by atoms with Gasteiger partial charge in [-0.25, -0.2) is 0 Å². The molecule has 0 aliphatic heterocycles. The lowest BCUT2D eigenvalue weighted by Gasteiger charge is -2.15. The number of rotatable bonds is 19. The molecule has 28 heavy (non-hydrogen) atoms. The van der Waals surface area contributed by atoms with Crippen LogP contribution in [0.25, 0.3) is 0 Å². The summed E-state index contributed by atoms with van der Waals surface area (Å²) in [5, 5.41) is 10.3. The van der Waals surface area contributed by atoms with Crippen molar-refractivity contribution in [2.45, 2.75) is 90.1 Å². The minimum Gasteiger partial charge on any atom is -0.394 e. The first-order chi connectivity index (χ1) is 13.8. The van der Waals surface area contributed by atoms with E-state index in [1.807, 2.05) is 23.9 Å². The van der Waals surface area contributed by atoms with E-state index < -0.39 is 0 Å². The van der Waals surface area contributed by atoms with Crippen LogP contribution in [0.3, 0.4) is 0 Å². The van der Waals surface area contributed by atoms with Gasteiger partial charge < -0.3 is 9.84 Å². The van der Waals surface area contributed by atoms with Crippen LogP contribution in [0.1, 0.15) is 83.1 Å². The molecule has 1 atom stereocenters. The van der Waals surface area contributed by atoms with Crippen LogP contribution >= 0.6 is 23.4 Å². The van der Waals surface area contributed by atoms with Crippen molar-refractivity contribution in [3.8, 4) is 0 Å². The molecule has 0 saturated heterocycles. The highest BCUT2D eigenvalue weighted by atomic mass is 35.5. The number of aryl methyl sites for hydroxylation is 1. The average molecular weight is 429 g/mol. The predicted molar refractivity (Wildman–Crippen MR) is 126 cm³/mol. The maximum atomic E-state index is 9.49. The van der Waals surface area contributed by atoms with Crippen molar-refractivity contribution < 1.29 is 9.84 Å². The van der Waals surface area contributed by atoms with Gasteiger partial charge in [0.15, 0.2) is 0 Å². The van der Waals surface area contributed by atoms with Crippen LogP contribution in [0.2, 0.25) is 5.02 Å². The van der Waals surface area contributed by atoms with Gasteiger partial charge in [0, 0.05) is 17.4 Å². The third-order valence-corrected chi connectivity index (χ3v) is 6.46. The van der Waals surface area contributed by atoms with E-state index in [9.17, 15) is 5.11 Å². The summed E-state index contributed by atoms with van der Waals surface area (Å²) in [5.41, 5.74) is 1.37. The zero-order valence-corrected chi connectivity index (χ0v) is 19.4. The third kappa shape index (κ3) is 14.7. The van der Waals surface area contributed by atoms with Crippen LogP contribution in [-0.4, -0.2) is 35.9 Å². The van der Waals surface area contributed by atoms with Crippen LogP contribution in [0.4, 0.5) is 0 Å². The summed E-state index contributed by atoms with van der Waals surface area (Å²) in [7, 11) is 0. The van der Waals surface area contributed by atoms with Gasteiger partial charge in [-0.15, -0.1) is 0 Å². The Balaban J connectivity index is 1.89. The second-order valence-electron chi connectivity index (χ2n) is 7.66. The largest absolute Gasteiger partial charge is 0.394 e. The molecule has 4 heteroatoms. The number of hydrogen-bond acceptors (Lipinski definition) is 3. The molecule has 0 fully saturated rings. The predicted octanol–water partition coefficient (Wildman–Crippen LogP) is 7.30. The number of aliphatic hydroxyl groups is 1. The Hall–Kier alpha value is -0.220. The Bertz CT molecular complexity index is 452. The first-order valence-electron chi connectivity index (χ1n) is 11.3. The fourth-order valence-electron chi connectivity index (χ4n) is 3.22. The molecule has 0 aliphatic rings. The van der Waals surface area contributed by atoms with Gasteiger partial charge in [-0.05, 0) is 49.1 Å². The Morgan fingerprint density at radius 1 is 0.893 bits per heavy atom. The lowest BCUT2D eigenvalue weighted by atomic mass is 10.1. The molecule has 162 valence electrons. The van der Waals surface area contributed by atoms with Gasteiger partial charge in [-0.3, -0.25) is 0 Å². The van der Waals surface area contributed by atoms with E-state index in [0.717, 1.165) is 36.0 Å². The SMILES string of the molecule is CCCCCCCCCCOC(CO)CSCCCCCc1ccc(Cl)cc1. The monoisotopic (exact) mass is 428 g/mol. The van der Waals surface area contributed by atoms with Crippen LogP contribution in [0.15, 0.2) is 24.3 Å². The second kappa shape index (κ2) is 18.8. The van der Waals surface area contributed by atoms with Crippen molar-refractivity contribution in [2.75, 3.05) is 24.7 Å². The normalized spacial score (nSPS) is 12.4. The minimum absolute atomic E-state index is 0.00335. The third-order valence-electron chi connectivity index (χ3n) is 5.03. The van der Waals surface area contributed by atoms with Crippen molar-refractivity contribution in [1.29, 1.82) is 0 Å². The van der Waals surface area contributed by atoms with Gasteiger partial charge in [-0.2, -0.15) is 11.8 Å². The molecule has 1 aromatic carbocycles. The number of aliphatic hydroxyl groups excluding tert-OH is 1. The van der Waals surface area contributed by atoms with Crippen LogP contribution in [0, 0.1) is 0 Å². The molecular weight excluding hydrogens is 388 g/mol. The van der Waals surface area contributed by atoms with Crippen molar-refractivity contribution >= 4 is 23.4 Å². The van der Waals surface area contributed by atoms with E-state index in [1.165, 1.54) is 69.8 Å². The highest BCUT2D eigenvalue weighted by molar-refractivity contribution is 7.99. The van der Waals surface area contributed by atoms with E-state index in [2.05, 4.69) is 19.1 Å². The summed E-state index contributed by atoms with van der Waals surface area (Å²) >= 11 is 7.82. The minimum atomic E-state index is 0.00335. The Morgan fingerprint density at radius 3 is 2.21 bits per heavy atom. The summed E-state index contributed by atoms with van der Waals surface area (Å²) in [6.45, 7) is 3.19. The Labute approximate surface area is 182 Å². The van der Waals surface area contributed by atoms with Gasteiger partial charge in [-0.1, -0.05) is 82.0 Å². The standard InChI is InChI=1S/C24H41ClO2S/c1-2-3-4-5-6-7-8-11-18-27-24(20-26)21-28-19-12-9-10-13-22-14-16-23(25)17-15-22/h14-17,24,26H,2-13,18-21H2,1H3.